The number of methoxy groups -OCH3 is 1. The molecule has 118 valence electrons. The molecule has 0 unspecified atom stereocenters. The fraction of sp³-hybridized carbons (Fsp3) is 0.188. The second-order valence-corrected chi connectivity index (χ2v) is 4.93. The van der Waals surface area contributed by atoms with Crippen LogP contribution in [-0.2, 0) is 6.54 Å². The lowest BCUT2D eigenvalue weighted by Gasteiger charge is -2.11. The van der Waals surface area contributed by atoms with Crippen LogP contribution in [0.15, 0.2) is 47.2 Å². The molecule has 0 aliphatic heterocycles. The van der Waals surface area contributed by atoms with Crippen LogP contribution in [0.2, 0.25) is 0 Å². The van der Waals surface area contributed by atoms with Gasteiger partial charge in [0.1, 0.15) is 11.5 Å². The van der Waals surface area contributed by atoms with Crippen LogP contribution >= 0.6 is 0 Å². The first kappa shape index (κ1) is 14.8. The van der Waals surface area contributed by atoms with E-state index in [-0.39, 0.29) is 0 Å². The molecule has 0 amide bonds. The molecule has 2 heterocycles. The summed E-state index contributed by atoms with van der Waals surface area (Å²) in [7, 11) is 1.63. The molecule has 0 spiro atoms. The summed E-state index contributed by atoms with van der Waals surface area (Å²) in [6.45, 7) is 2.51. The van der Waals surface area contributed by atoms with E-state index < -0.39 is 0 Å². The number of aromatic nitrogens is 3. The molecule has 7 heteroatoms. The first-order chi connectivity index (χ1) is 11.2. The van der Waals surface area contributed by atoms with Gasteiger partial charge in [0.15, 0.2) is 5.82 Å². The molecule has 3 aromatic rings. The van der Waals surface area contributed by atoms with Crippen molar-refractivity contribution in [2.24, 2.45) is 0 Å². The van der Waals surface area contributed by atoms with Crippen LogP contribution in [0.25, 0.3) is 0 Å². The Bertz CT molecular complexity index is 774. The Balaban J connectivity index is 1.73. The molecule has 0 saturated heterocycles. The normalized spacial score (nSPS) is 10.3. The van der Waals surface area contributed by atoms with Gasteiger partial charge in [-0.2, -0.15) is 10.1 Å². The molecule has 1 aromatic carbocycles. The van der Waals surface area contributed by atoms with Crippen molar-refractivity contribution in [1.29, 1.82) is 0 Å². The van der Waals surface area contributed by atoms with E-state index in [0.717, 1.165) is 22.8 Å². The first-order valence-corrected chi connectivity index (χ1v) is 7.12. The van der Waals surface area contributed by atoms with E-state index in [4.69, 9.17) is 9.15 Å². The molecule has 0 aliphatic carbocycles. The summed E-state index contributed by atoms with van der Waals surface area (Å²) in [5, 5.41) is 14.2. The highest BCUT2D eigenvalue weighted by atomic mass is 16.5. The molecule has 7 nitrogen and oxygen atoms in total. The van der Waals surface area contributed by atoms with Crippen LogP contribution in [0.5, 0.6) is 5.75 Å². The summed E-state index contributed by atoms with van der Waals surface area (Å²) in [4.78, 5) is 4.38. The Morgan fingerprint density at radius 2 is 2.17 bits per heavy atom. The topological polar surface area (TPSA) is 85.1 Å². The van der Waals surface area contributed by atoms with Crippen molar-refractivity contribution in [3.8, 4) is 5.75 Å². The van der Waals surface area contributed by atoms with E-state index in [1.165, 1.54) is 0 Å². The van der Waals surface area contributed by atoms with Crippen molar-refractivity contribution in [3.05, 3.63) is 54.1 Å². The van der Waals surface area contributed by atoms with Crippen LogP contribution in [0, 0.1) is 6.92 Å². The molecule has 3 rings (SSSR count). The van der Waals surface area contributed by atoms with Gasteiger partial charge in [-0.05, 0) is 36.8 Å². The lowest BCUT2D eigenvalue weighted by atomic mass is 10.2. The van der Waals surface area contributed by atoms with Gasteiger partial charge in [0.05, 0.1) is 31.8 Å². The number of anilines is 3. The fourth-order valence-corrected chi connectivity index (χ4v) is 2.08. The lowest BCUT2D eigenvalue weighted by molar-refractivity contribution is 0.416. The third-order valence-electron chi connectivity index (χ3n) is 3.18. The quantitative estimate of drug-likeness (QED) is 0.723. The zero-order valence-corrected chi connectivity index (χ0v) is 12.9. The molecule has 0 bridgehead atoms. The van der Waals surface area contributed by atoms with Crippen molar-refractivity contribution >= 4 is 17.5 Å². The molecule has 23 heavy (non-hydrogen) atoms. The number of furan rings is 1. The smallest absolute Gasteiger partial charge is 0.245 e. The second kappa shape index (κ2) is 6.78. The number of nitrogens with zero attached hydrogens (tertiary/aromatic N) is 3. The number of aryl methyl sites for hydroxylation is 1. The SMILES string of the molecule is COc1ccc(C)cc1Nc1cnnc(NCc2ccco2)n1. The molecule has 0 fully saturated rings. The molecule has 0 saturated carbocycles. The average Bonchev–Trinajstić information content (AvgIpc) is 3.07. The van der Waals surface area contributed by atoms with E-state index in [2.05, 4.69) is 25.8 Å². The predicted molar refractivity (Wildman–Crippen MR) is 86.9 cm³/mol. The molecule has 0 atom stereocenters. The monoisotopic (exact) mass is 311 g/mol. The van der Waals surface area contributed by atoms with Crippen LogP contribution in [0.3, 0.4) is 0 Å². The van der Waals surface area contributed by atoms with Gasteiger partial charge >= 0.3 is 0 Å². The average molecular weight is 311 g/mol. The summed E-state index contributed by atoms with van der Waals surface area (Å²) in [6.07, 6.45) is 3.18. The Hall–Kier alpha value is -3.09. The molecule has 0 aliphatic rings. The van der Waals surface area contributed by atoms with Gasteiger partial charge in [0, 0.05) is 0 Å². The van der Waals surface area contributed by atoms with Gasteiger partial charge in [-0.25, -0.2) is 0 Å². The highest BCUT2D eigenvalue weighted by Gasteiger charge is 2.06. The highest BCUT2D eigenvalue weighted by Crippen LogP contribution is 2.27. The highest BCUT2D eigenvalue weighted by molar-refractivity contribution is 5.65. The minimum Gasteiger partial charge on any atom is -0.495 e. The number of hydrogen-bond donors (Lipinski definition) is 2. The number of ether oxygens (including phenoxy) is 1. The van der Waals surface area contributed by atoms with Gasteiger partial charge in [0.25, 0.3) is 0 Å². The van der Waals surface area contributed by atoms with Gasteiger partial charge < -0.3 is 19.8 Å². The largest absolute Gasteiger partial charge is 0.495 e. The van der Waals surface area contributed by atoms with Crippen LogP contribution in [0.1, 0.15) is 11.3 Å². The first-order valence-electron chi connectivity index (χ1n) is 7.12. The van der Waals surface area contributed by atoms with E-state index in [1.54, 1.807) is 19.6 Å². The molecule has 2 N–H and O–H groups in total. The van der Waals surface area contributed by atoms with Crippen molar-refractivity contribution in [2.45, 2.75) is 13.5 Å². The fourth-order valence-electron chi connectivity index (χ4n) is 2.08. The Morgan fingerprint density at radius 1 is 1.26 bits per heavy atom. The van der Waals surface area contributed by atoms with E-state index in [0.29, 0.717) is 18.3 Å². The summed E-state index contributed by atoms with van der Waals surface area (Å²) in [5.41, 5.74) is 1.94. The molecular formula is C16H17N5O2. The van der Waals surface area contributed by atoms with Gasteiger partial charge in [-0.3, -0.25) is 0 Å². The maximum absolute atomic E-state index is 5.34. The number of rotatable bonds is 6. The zero-order valence-electron chi connectivity index (χ0n) is 12.9. The lowest BCUT2D eigenvalue weighted by Crippen LogP contribution is -2.06. The van der Waals surface area contributed by atoms with Gasteiger partial charge in [0.2, 0.25) is 5.95 Å². The van der Waals surface area contributed by atoms with Crippen molar-refractivity contribution in [3.63, 3.8) is 0 Å². The van der Waals surface area contributed by atoms with Crippen molar-refractivity contribution in [2.75, 3.05) is 17.7 Å². The third kappa shape index (κ3) is 3.76. The molecule has 2 aromatic heterocycles. The molecular weight excluding hydrogens is 294 g/mol. The van der Waals surface area contributed by atoms with Crippen molar-refractivity contribution < 1.29 is 9.15 Å². The van der Waals surface area contributed by atoms with Crippen molar-refractivity contribution in [1.82, 2.24) is 15.2 Å². The minimum absolute atomic E-state index is 0.415. The summed E-state index contributed by atoms with van der Waals surface area (Å²) < 4.78 is 10.6. The van der Waals surface area contributed by atoms with Crippen LogP contribution in [-0.4, -0.2) is 22.3 Å². The number of benzene rings is 1. The van der Waals surface area contributed by atoms with E-state index >= 15 is 0 Å². The maximum atomic E-state index is 5.34. The Morgan fingerprint density at radius 3 is 2.96 bits per heavy atom. The maximum Gasteiger partial charge on any atom is 0.245 e. The zero-order chi connectivity index (χ0) is 16.1. The summed E-state index contributed by atoms with van der Waals surface area (Å²) >= 11 is 0. The Labute approximate surface area is 133 Å². The van der Waals surface area contributed by atoms with Gasteiger partial charge in [-0.15, -0.1) is 5.10 Å². The second-order valence-electron chi connectivity index (χ2n) is 4.93. The Kier molecular flexibility index (Phi) is 4.37. The predicted octanol–water partition coefficient (Wildman–Crippen LogP) is 3.14. The third-order valence-corrected chi connectivity index (χ3v) is 3.18. The van der Waals surface area contributed by atoms with Gasteiger partial charge in [-0.1, -0.05) is 6.07 Å². The minimum atomic E-state index is 0.415. The van der Waals surface area contributed by atoms with Crippen LogP contribution < -0.4 is 15.4 Å². The van der Waals surface area contributed by atoms with E-state index in [1.807, 2.05) is 37.3 Å². The standard InChI is InChI=1S/C16H17N5O2/c1-11-5-6-14(22-2)13(8-11)19-15-10-18-21-16(20-15)17-9-12-4-3-7-23-12/h3-8,10H,9H2,1-2H3,(H2,17,19,20,21). The number of nitrogens with one attached hydrogen (secondary N) is 2. The summed E-state index contributed by atoms with van der Waals surface area (Å²) in [5.74, 6) is 2.52. The number of hydrogen-bond acceptors (Lipinski definition) is 7. The van der Waals surface area contributed by atoms with Crippen LogP contribution in [0.4, 0.5) is 17.5 Å². The molecule has 0 radical (unpaired) electrons. The van der Waals surface area contributed by atoms with E-state index in [9.17, 15) is 0 Å². The summed E-state index contributed by atoms with van der Waals surface area (Å²) in [6, 6.07) is 9.58.